The van der Waals surface area contributed by atoms with Crippen molar-refractivity contribution in [3.8, 4) is 0 Å². The lowest BCUT2D eigenvalue weighted by atomic mass is 9.34. The standard InChI is InChI=1S/C30H50O2/c1-25(2)16-17-30(19-31)15-10-22-28(6)12-8-20-26(3,4)24(32)11-14-27(20,5)21(28)9-13-29(22,7)23(30)18-25/h10,20-21,23-24,31-32H,8-9,11-19H2,1-7H3/t20?,21?,23?,24-,27-,28?,29?,30?/m0/s1. The number of aliphatic hydroxyl groups is 2. The minimum Gasteiger partial charge on any atom is -0.396 e. The molecule has 0 saturated heterocycles. The van der Waals surface area contributed by atoms with Gasteiger partial charge in [0, 0.05) is 12.0 Å². The van der Waals surface area contributed by atoms with Crippen LogP contribution in [0.1, 0.15) is 113 Å². The van der Waals surface area contributed by atoms with E-state index in [9.17, 15) is 10.2 Å². The first-order valence-corrected chi connectivity index (χ1v) is 13.8. The van der Waals surface area contributed by atoms with Crippen molar-refractivity contribution in [1.29, 1.82) is 0 Å². The molecule has 0 heterocycles. The van der Waals surface area contributed by atoms with Crippen molar-refractivity contribution in [3.05, 3.63) is 11.6 Å². The van der Waals surface area contributed by atoms with Gasteiger partial charge < -0.3 is 10.2 Å². The minimum absolute atomic E-state index is 0.0233. The monoisotopic (exact) mass is 442 g/mol. The highest BCUT2D eigenvalue weighted by atomic mass is 16.3. The van der Waals surface area contributed by atoms with Gasteiger partial charge in [-0.25, -0.2) is 0 Å². The van der Waals surface area contributed by atoms with Gasteiger partial charge in [-0.05, 0) is 109 Å². The Morgan fingerprint density at radius 3 is 2.06 bits per heavy atom. The average molecular weight is 443 g/mol. The van der Waals surface area contributed by atoms with Crippen molar-refractivity contribution in [1.82, 2.24) is 0 Å². The molecule has 0 aromatic rings. The second-order valence-electron chi connectivity index (χ2n) is 15.2. The van der Waals surface area contributed by atoms with Crippen molar-refractivity contribution < 1.29 is 10.2 Å². The van der Waals surface area contributed by atoms with Crippen LogP contribution in [0.25, 0.3) is 0 Å². The van der Waals surface area contributed by atoms with Crippen LogP contribution in [0.5, 0.6) is 0 Å². The highest BCUT2D eigenvalue weighted by Crippen LogP contribution is 2.74. The third kappa shape index (κ3) is 2.84. The molecule has 32 heavy (non-hydrogen) atoms. The van der Waals surface area contributed by atoms with Gasteiger partial charge in [-0.2, -0.15) is 0 Å². The quantitative estimate of drug-likeness (QED) is 0.424. The van der Waals surface area contributed by atoms with Gasteiger partial charge in [-0.15, -0.1) is 0 Å². The first kappa shape index (κ1) is 23.4. The molecule has 182 valence electrons. The van der Waals surface area contributed by atoms with Crippen molar-refractivity contribution in [2.24, 2.45) is 50.2 Å². The van der Waals surface area contributed by atoms with Crippen molar-refractivity contribution >= 4 is 0 Å². The third-order valence-electron chi connectivity index (χ3n) is 12.8. The Hall–Kier alpha value is -0.340. The van der Waals surface area contributed by atoms with Crippen LogP contribution < -0.4 is 0 Å². The van der Waals surface area contributed by atoms with Gasteiger partial charge in [-0.3, -0.25) is 0 Å². The van der Waals surface area contributed by atoms with Crippen LogP contribution in [-0.4, -0.2) is 22.9 Å². The second-order valence-corrected chi connectivity index (χ2v) is 15.2. The van der Waals surface area contributed by atoms with Gasteiger partial charge in [0.15, 0.2) is 0 Å². The molecule has 2 heteroatoms. The molecule has 2 N–H and O–H groups in total. The zero-order valence-corrected chi connectivity index (χ0v) is 22.1. The SMILES string of the molecule is CC1(C)CCC2(CO)CC=C3C(C)(CCC4C3(C)CCC3C(C)(C)[C@@H](O)CC[C@]43C)C2C1. The van der Waals surface area contributed by atoms with Crippen LogP contribution in [0.3, 0.4) is 0 Å². The first-order valence-electron chi connectivity index (χ1n) is 13.8. The smallest absolute Gasteiger partial charge is 0.0594 e. The summed E-state index contributed by atoms with van der Waals surface area (Å²) in [6.07, 6.45) is 14.6. The van der Waals surface area contributed by atoms with Crippen molar-refractivity contribution in [2.45, 2.75) is 119 Å². The minimum atomic E-state index is -0.151. The number of aliphatic hydroxyl groups excluding tert-OH is 2. The molecule has 4 saturated carbocycles. The fraction of sp³-hybridized carbons (Fsp3) is 0.933. The van der Waals surface area contributed by atoms with E-state index < -0.39 is 0 Å². The summed E-state index contributed by atoms with van der Waals surface area (Å²) in [5.41, 5.74) is 3.13. The molecular formula is C30H50O2. The molecule has 0 aliphatic heterocycles. The molecule has 0 spiro atoms. The number of allylic oxidation sites excluding steroid dienone is 2. The normalized spacial score (nSPS) is 53.8. The molecule has 0 aromatic carbocycles. The summed E-state index contributed by atoms with van der Waals surface area (Å²) >= 11 is 0. The van der Waals surface area contributed by atoms with E-state index in [1.807, 2.05) is 0 Å². The van der Waals surface area contributed by atoms with Gasteiger partial charge in [0.2, 0.25) is 0 Å². The van der Waals surface area contributed by atoms with Gasteiger partial charge in [0.1, 0.15) is 0 Å². The maximum atomic E-state index is 10.9. The first-order chi connectivity index (χ1) is 14.8. The maximum Gasteiger partial charge on any atom is 0.0594 e. The van der Waals surface area contributed by atoms with E-state index in [0.29, 0.717) is 29.3 Å². The van der Waals surface area contributed by atoms with E-state index in [0.717, 1.165) is 18.8 Å². The molecule has 5 aliphatic rings. The Balaban J connectivity index is 1.57. The van der Waals surface area contributed by atoms with Crippen LogP contribution in [-0.2, 0) is 0 Å². The van der Waals surface area contributed by atoms with E-state index in [1.54, 1.807) is 5.57 Å². The largest absolute Gasteiger partial charge is 0.396 e. The van der Waals surface area contributed by atoms with Crippen LogP contribution in [0.15, 0.2) is 11.6 Å². The molecule has 5 aliphatic carbocycles. The Morgan fingerprint density at radius 2 is 1.41 bits per heavy atom. The lowest BCUT2D eigenvalue weighted by Gasteiger charge is -2.70. The van der Waals surface area contributed by atoms with E-state index in [-0.39, 0.29) is 27.8 Å². The molecule has 8 atom stereocenters. The number of rotatable bonds is 1. The lowest BCUT2D eigenvalue weighted by Crippen LogP contribution is -2.63. The average Bonchev–Trinajstić information content (AvgIpc) is 2.71. The highest BCUT2D eigenvalue weighted by Gasteiger charge is 2.67. The van der Waals surface area contributed by atoms with Crippen molar-refractivity contribution in [3.63, 3.8) is 0 Å². The predicted molar refractivity (Wildman–Crippen MR) is 132 cm³/mol. The summed E-state index contributed by atoms with van der Waals surface area (Å²) in [4.78, 5) is 0. The molecule has 0 radical (unpaired) electrons. The van der Waals surface area contributed by atoms with E-state index in [4.69, 9.17) is 0 Å². The Morgan fingerprint density at radius 1 is 0.781 bits per heavy atom. The number of fused-ring (bicyclic) bond motifs is 7. The molecule has 2 nitrogen and oxygen atoms in total. The highest BCUT2D eigenvalue weighted by molar-refractivity contribution is 5.35. The second kappa shape index (κ2) is 6.87. The number of hydrogen-bond donors (Lipinski definition) is 2. The van der Waals surface area contributed by atoms with Crippen LogP contribution in [0.4, 0.5) is 0 Å². The molecular weight excluding hydrogens is 392 g/mol. The van der Waals surface area contributed by atoms with Gasteiger partial charge in [0.25, 0.3) is 0 Å². The molecule has 0 bridgehead atoms. The lowest BCUT2D eigenvalue weighted by molar-refractivity contribution is -0.186. The zero-order valence-electron chi connectivity index (χ0n) is 22.1. The van der Waals surface area contributed by atoms with E-state index in [1.165, 1.54) is 51.4 Å². The van der Waals surface area contributed by atoms with Crippen molar-refractivity contribution in [2.75, 3.05) is 6.61 Å². The molecule has 4 fully saturated rings. The number of hydrogen-bond acceptors (Lipinski definition) is 2. The molecule has 6 unspecified atom stereocenters. The van der Waals surface area contributed by atoms with E-state index in [2.05, 4.69) is 54.5 Å². The fourth-order valence-corrected chi connectivity index (χ4v) is 10.9. The van der Waals surface area contributed by atoms with Gasteiger partial charge in [-0.1, -0.05) is 60.1 Å². The summed E-state index contributed by atoms with van der Waals surface area (Å²) in [5, 5.41) is 21.6. The van der Waals surface area contributed by atoms with Crippen LogP contribution >= 0.6 is 0 Å². The summed E-state index contributed by atoms with van der Waals surface area (Å²) in [6.45, 7) is 17.8. The predicted octanol–water partition coefficient (Wildman–Crippen LogP) is 7.14. The van der Waals surface area contributed by atoms with Gasteiger partial charge >= 0.3 is 0 Å². The topological polar surface area (TPSA) is 40.5 Å². The summed E-state index contributed by atoms with van der Waals surface area (Å²) in [5.74, 6) is 1.95. The summed E-state index contributed by atoms with van der Waals surface area (Å²) in [7, 11) is 0. The molecule has 0 aromatic heterocycles. The fourth-order valence-electron chi connectivity index (χ4n) is 10.9. The molecule has 0 amide bonds. The van der Waals surface area contributed by atoms with Gasteiger partial charge in [0.05, 0.1) is 6.10 Å². The van der Waals surface area contributed by atoms with E-state index >= 15 is 0 Å². The zero-order chi connectivity index (χ0) is 23.4. The van der Waals surface area contributed by atoms with Crippen LogP contribution in [0, 0.1) is 50.2 Å². The summed E-state index contributed by atoms with van der Waals surface area (Å²) in [6, 6.07) is 0. The Labute approximate surface area is 197 Å². The van der Waals surface area contributed by atoms with Crippen LogP contribution in [0.2, 0.25) is 0 Å². The Kier molecular flexibility index (Phi) is 5.02. The maximum absolute atomic E-state index is 10.9. The Bertz CT molecular complexity index is 810. The molecule has 5 rings (SSSR count). The third-order valence-corrected chi connectivity index (χ3v) is 12.8. The summed E-state index contributed by atoms with van der Waals surface area (Å²) < 4.78 is 0.